The van der Waals surface area contributed by atoms with Crippen molar-refractivity contribution in [2.75, 3.05) is 13.1 Å². The lowest BCUT2D eigenvalue weighted by Gasteiger charge is -2.35. The monoisotopic (exact) mass is 501 g/mol. The van der Waals surface area contributed by atoms with E-state index in [0.717, 1.165) is 6.42 Å². The normalized spacial score (nSPS) is 35.9. The first kappa shape index (κ1) is 26.7. The number of alkyl halides is 1. The molecule has 0 unspecified atom stereocenters. The number of likely N-dealkylation sites (tertiary alicyclic amines) is 1. The summed E-state index contributed by atoms with van der Waals surface area (Å²) >= 11 is 0. The van der Waals surface area contributed by atoms with Crippen LogP contribution in [-0.2, 0) is 19.2 Å². The van der Waals surface area contributed by atoms with E-state index in [2.05, 4.69) is 10.6 Å². The summed E-state index contributed by atoms with van der Waals surface area (Å²) in [4.78, 5) is 52.5. The Balaban J connectivity index is 0.00000324. The van der Waals surface area contributed by atoms with Crippen LogP contribution in [0.4, 0.5) is 4.39 Å². The first-order chi connectivity index (χ1) is 15.4. The average Bonchev–Trinajstić information content (AvgIpc) is 3.47. The van der Waals surface area contributed by atoms with Crippen molar-refractivity contribution in [2.45, 2.75) is 70.8 Å². The van der Waals surface area contributed by atoms with Crippen molar-refractivity contribution in [3.8, 4) is 0 Å². The van der Waals surface area contributed by atoms with Gasteiger partial charge in [0.15, 0.2) is 0 Å². The Labute approximate surface area is 205 Å². The molecular formula is C23H37ClFN5O4. The number of rotatable bonds is 6. The second-order valence-electron chi connectivity index (χ2n) is 11.4. The predicted octanol–water partition coefficient (Wildman–Crippen LogP) is 0.0990. The average molecular weight is 502 g/mol. The third-order valence-corrected chi connectivity index (χ3v) is 8.36. The molecule has 9 nitrogen and oxygen atoms in total. The molecule has 2 saturated heterocycles. The van der Waals surface area contributed by atoms with Gasteiger partial charge in [-0.25, -0.2) is 4.39 Å². The van der Waals surface area contributed by atoms with Crippen LogP contribution in [0, 0.1) is 35.0 Å². The number of halogens is 2. The quantitative estimate of drug-likeness (QED) is 0.407. The molecule has 2 aliphatic heterocycles. The number of nitrogens with zero attached hydrogens (tertiary/aromatic N) is 1. The summed E-state index contributed by atoms with van der Waals surface area (Å²) in [7, 11) is 0. The number of fused-ring (bicyclic) bond motifs is 5. The van der Waals surface area contributed by atoms with E-state index in [-0.39, 0.29) is 54.3 Å². The number of carbonyl (C=O) groups excluding carboxylic acids is 4. The minimum atomic E-state index is -1.04. The Morgan fingerprint density at radius 2 is 1.91 bits per heavy atom. The van der Waals surface area contributed by atoms with Crippen LogP contribution >= 0.6 is 12.4 Å². The molecule has 2 heterocycles. The van der Waals surface area contributed by atoms with Gasteiger partial charge in [-0.2, -0.15) is 0 Å². The molecule has 6 N–H and O–H groups in total. The lowest BCUT2D eigenvalue weighted by molar-refractivity contribution is -0.143. The van der Waals surface area contributed by atoms with Crippen LogP contribution in [0.2, 0.25) is 0 Å². The fourth-order valence-corrected chi connectivity index (χ4v) is 6.47. The summed E-state index contributed by atoms with van der Waals surface area (Å²) in [6.07, 6.45) is 0.849. The molecule has 34 heavy (non-hydrogen) atoms. The molecule has 0 radical (unpaired) electrons. The SMILES string of the molecule is CC(C)(C)[C@H](N)C(=O)N1C[C@@H]2[C@H]3C[C@@H]([C@@H]2[C@H]1C(=O)N[C@@H](C[C@@H]1CCNC1=O)C(N)=O)[C@H](F)C3.Cl. The van der Waals surface area contributed by atoms with Crippen molar-refractivity contribution in [1.82, 2.24) is 15.5 Å². The van der Waals surface area contributed by atoms with Crippen LogP contribution in [-0.4, -0.2) is 65.9 Å². The molecule has 2 saturated carbocycles. The van der Waals surface area contributed by atoms with Crippen molar-refractivity contribution >= 4 is 36.0 Å². The zero-order chi connectivity index (χ0) is 24.2. The molecule has 2 bridgehead atoms. The highest BCUT2D eigenvalue weighted by Crippen LogP contribution is 2.58. The Hall–Kier alpha value is -1.94. The Morgan fingerprint density at radius 3 is 2.47 bits per heavy atom. The second-order valence-corrected chi connectivity index (χ2v) is 11.4. The molecule has 0 aromatic heterocycles. The van der Waals surface area contributed by atoms with E-state index in [1.807, 2.05) is 20.8 Å². The molecule has 0 aromatic carbocycles. The standard InChI is InChI=1S/C23H36FN5O4.ClH/c1-23(2,3)18(25)22(33)29-9-13-11-6-12(14(24)7-11)16(13)17(29)21(32)28-15(19(26)30)8-10-4-5-27-20(10)31;/h10-18H,4-9,25H2,1-3H3,(H2,26,30)(H,27,31)(H,28,32);1H/t10-,11-,12+,13+,14+,15-,16-,17-,18+;/m0./s1. The third-order valence-electron chi connectivity index (χ3n) is 8.36. The number of nitrogens with two attached hydrogens (primary N) is 2. The Kier molecular flexibility index (Phi) is 7.53. The van der Waals surface area contributed by atoms with Gasteiger partial charge in [0, 0.05) is 19.0 Å². The van der Waals surface area contributed by atoms with Crippen molar-refractivity contribution in [1.29, 1.82) is 0 Å². The number of carbonyl (C=O) groups is 4. The van der Waals surface area contributed by atoms with Crippen LogP contribution in [0.1, 0.15) is 46.5 Å². The second kappa shape index (κ2) is 9.60. The summed E-state index contributed by atoms with van der Waals surface area (Å²) in [5, 5.41) is 5.42. The number of hydrogen-bond acceptors (Lipinski definition) is 5. The number of hydrogen-bond donors (Lipinski definition) is 4. The highest BCUT2D eigenvalue weighted by atomic mass is 35.5. The summed E-state index contributed by atoms with van der Waals surface area (Å²) < 4.78 is 14.7. The fourth-order valence-electron chi connectivity index (χ4n) is 6.47. The molecule has 0 spiro atoms. The summed E-state index contributed by atoms with van der Waals surface area (Å²) in [5.41, 5.74) is 11.3. The van der Waals surface area contributed by atoms with E-state index in [9.17, 15) is 23.6 Å². The maximum atomic E-state index is 14.7. The topological polar surface area (TPSA) is 148 Å². The van der Waals surface area contributed by atoms with Crippen LogP contribution in [0.5, 0.6) is 0 Å². The molecule has 4 fully saturated rings. The summed E-state index contributed by atoms with van der Waals surface area (Å²) in [6, 6.07) is -2.76. The largest absolute Gasteiger partial charge is 0.368 e. The van der Waals surface area contributed by atoms with Gasteiger partial charge in [0.2, 0.25) is 23.6 Å². The third kappa shape index (κ3) is 4.63. The maximum absolute atomic E-state index is 14.7. The minimum Gasteiger partial charge on any atom is -0.368 e. The first-order valence-electron chi connectivity index (χ1n) is 12.0. The van der Waals surface area contributed by atoms with E-state index in [0.29, 0.717) is 25.9 Å². The first-order valence-corrected chi connectivity index (χ1v) is 12.0. The number of nitrogens with one attached hydrogen (secondary N) is 2. The fraction of sp³-hybridized carbons (Fsp3) is 0.826. The van der Waals surface area contributed by atoms with Gasteiger partial charge in [0.25, 0.3) is 0 Å². The van der Waals surface area contributed by atoms with Gasteiger partial charge in [-0.05, 0) is 54.8 Å². The molecule has 4 rings (SSSR count). The predicted molar refractivity (Wildman–Crippen MR) is 125 cm³/mol. The summed E-state index contributed by atoms with van der Waals surface area (Å²) in [5.74, 6) is -2.58. The highest BCUT2D eigenvalue weighted by Gasteiger charge is 2.63. The van der Waals surface area contributed by atoms with E-state index in [1.54, 1.807) is 0 Å². The highest BCUT2D eigenvalue weighted by molar-refractivity contribution is 5.94. The molecule has 9 atom stereocenters. The van der Waals surface area contributed by atoms with E-state index >= 15 is 0 Å². The lowest BCUT2D eigenvalue weighted by Crippen LogP contribution is -2.59. The van der Waals surface area contributed by atoms with Crippen molar-refractivity contribution in [3.63, 3.8) is 0 Å². The van der Waals surface area contributed by atoms with Gasteiger partial charge in [-0.15, -0.1) is 12.4 Å². The zero-order valence-corrected chi connectivity index (χ0v) is 20.8. The van der Waals surface area contributed by atoms with Gasteiger partial charge in [-0.3, -0.25) is 19.2 Å². The van der Waals surface area contributed by atoms with Crippen molar-refractivity contribution < 1.29 is 23.6 Å². The Morgan fingerprint density at radius 1 is 1.24 bits per heavy atom. The number of amides is 4. The van der Waals surface area contributed by atoms with Crippen LogP contribution in [0.3, 0.4) is 0 Å². The van der Waals surface area contributed by atoms with Crippen LogP contribution in [0.25, 0.3) is 0 Å². The minimum absolute atomic E-state index is 0. The Bertz CT molecular complexity index is 852. The van der Waals surface area contributed by atoms with Crippen molar-refractivity contribution in [3.05, 3.63) is 0 Å². The molecule has 192 valence electrons. The van der Waals surface area contributed by atoms with Crippen LogP contribution in [0.15, 0.2) is 0 Å². The smallest absolute Gasteiger partial charge is 0.243 e. The molecule has 4 aliphatic rings. The molecule has 11 heteroatoms. The van der Waals surface area contributed by atoms with Gasteiger partial charge < -0.3 is 27.0 Å². The maximum Gasteiger partial charge on any atom is 0.243 e. The molecule has 2 aliphatic carbocycles. The van der Waals surface area contributed by atoms with Gasteiger partial charge in [-0.1, -0.05) is 20.8 Å². The molecular weight excluding hydrogens is 465 g/mol. The molecule has 4 amide bonds. The van der Waals surface area contributed by atoms with E-state index in [4.69, 9.17) is 11.5 Å². The van der Waals surface area contributed by atoms with Gasteiger partial charge >= 0.3 is 0 Å². The summed E-state index contributed by atoms with van der Waals surface area (Å²) in [6.45, 7) is 6.46. The van der Waals surface area contributed by atoms with E-state index in [1.165, 1.54) is 4.90 Å². The van der Waals surface area contributed by atoms with Crippen molar-refractivity contribution in [2.24, 2.45) is 46.5 Å². The van der Waals surface area contributed by atoms with Crippen LogP contribution < -0.4 is 22.1 Å². The van der Waals surface area contributed by atoms with Gasteiger partial charge in [0.1, 0.15) is 18.3 Å². The lowest BCUT2D eigenvalue weighted by atomic mass is 9.77. The number of primary amides is 1. The zero-order valence-electron chi connectivity index (χ0n) is 20.0. The van der Waals surface area contributed by atoms with Gasteiger partial charge in [0.05, 0.1) is 6.04 Å². The van der Waals surface area contributed by atoms with E-state index < -0.39 is 47.4 Å². The molecule has 0 aromatic rings.